The third kappa shape index (κ3) is 3.43. The topological polar surface area (TPSA) is 84.3 Å². The minimum absolute atomic E-state index is 0.123. The predicted octanol–water partition coefficient (Wildman–Crippen LogP) is 5.00. The molecule has 33 heavy (non-hydrogen) atoms. The Hall–Kier alpha value is -3.46. The van der Waals surface area contributed by atoms with Gasteiger partial charge in [-0.2, -0.15) is 0 Å². The van der Waals surface area contributed by atoms with Crippen LogP contribution in [0.4, 0.5) is 10.2 Å². The van der Waals surface area contributed by atoms with Gasteiger partial charge in [0.2, 0.25) is 0 Å². The van der Waals surface area contributed by atoms with Crippen molar-refractivity contribution in [3.05, 3.63) is 60.3 Å². The van der Waals surface area contributed by atoms with Gasteiger partial charge in [-0.05, 0) is 38.0 Å². The van der Waals surface area contributed by atoms with Gasteiger partial charge in [0.1, 0.15) is 5.82 Å². The van der Waals surface area contributed by atoms with E-state index >= 15 is 0 Å². The normalized spacial score (nSPS) is 14.8. The summed E-state index contributed by atoms with van der Waals surface area (Å²) in [4.78, 5) is 21.7. The monoisotopic (exact) mass is 459 g/mol. The third-order valence-corrected chi connectivity index (χ3v) is 7.34. The molecular formula is C24H22FN7S. The first-order valence-corrected chi connectivity index (χ1v) is 11.8. The number of nitrogens with zero attached hydrogens (tertiary/aromatic N) is 5. The SMILES string of the molecule is CC1(C)CSc2nc3c(NCCc4c[nH]c5ccccc45)nc(-c4cncc(F)c4)nc3n21. The van der Waals surface area contributed by atoms with Gasteiger partial charge in [0.25, 0.3) is 0 Å². The van der Waals surface area contributed by atoms with Crippen molar-refractivity contribution in [2.45, 2.75) is 31.0 Å². The van der Waals surface area contributed by atoms with Crippen LogP contribution >= 0.6 is 11.8 Å². The van der Waals surface area contributed by atoms with Crippen LogP contribution in [-0.2, 0) is 12.0 Å². The average molecular weight is 460 g/mol. The fourth-order valence-electron chi connectivity index (χ4n) is 4.33. The fourth-order valence-corrected chi connectivity index (χ4v) is 5.56. The van der Waals surface area contributed by atoms with Gasteiger partial charge < -0.3 is 10.3 Å². The molecule has 7 nitrogen and oxygen atoms in total. The maximum atomic E-state index is 13.9. The molecule has 5 heterocycles. The second kappa shape index (κ2) is 7.55. The first kappa shape index (κ1) is 20.2. The van der Waals surface area contributed by atoms with Gasteiger partial charge in [0, 0.05) is 41.2 Å². The molecule has 5 aromatic rings. The molecule has 0 bridgehead atoms. The van der Waals surface area contributed by atoms with Crippen molar-refractivity contribution in [2.75, 3.05) is 17.6 Å². The number of aromatic nitrogens is 6. The molecular weight excluding hydrogens is 437 g/mol. The van der Waals surface area contributed by atoms with Gasteiger partial charge in [-0.1, -0.05) is 30.0 Å². The van der Waals surface area contributed by atoms with E-state index in [-0.39, 0.29) is 5.54 Å². The third-order valence-electron chi connectivity index (χ3n) is 5.96. The number of nitrogens with one attached hydrogen (secondary N) is 2. The van der Waals surface area contributed by atoms with Gasteiger partial charge in [-0.3, -0.25) is 9.55 Å². The van der Waals surface area contributed by atoms with Crippen LogP contribution in [0.2, 0.25) is 0 Å². The summed E-state index contributed by atoms with van der Waals surface area (Å²) in [6, 6.07) is 9.68. The first-order chi connectivity index (χ1) is 16.0. The Kier molecular flexibility index (Phi) is 4.62. The molecule has 1 aromatic carbocycles. The number of hydrogen-bond donors (Lipinski definition) is 2. The van der Waals surface area contributed by atoms with Crippen LogP contribution in [-0.4, -0.2) is 41.8 Å². The molecule has 4 aromatic heterocycles. The van der Waals surface area contributed by atoms with E-state index in [9.17, 15) is 4.39 Å². The standard InChI is InChI=1S/C24H22FN7S/c1-24(2)13-33-23-29-19-21(27-8-7-14-11-28-18-6-4-3-5-17(14)18)30-20(31-22(19)32(23)24)15-9-16(25)12-26-10-15/h3-6,9-12,28H,7-8,13H2,1-2H3,(H,27,30,31). The Morgan fingerprint density at radius 1 is 1.18 bits per heavy atom. The molecule has 166 valence electrons. The highest BCUT2D eigenvalue weighted by molar-refractivity contribution is 7.99. The van der Waals surface area contributed by atoms with Crippen LogP contribution in [0.25, 0.3) is 33.5 Å². The smallest absolute Gasteiger partial charge is 0.171 e. The highest BCUT2D eigenvalue weighted by atomic mass is 32.2. The molecule has 6 rings (SSSR count). The van der Waals surface area contributed by atoms with E-state index in [2.05, 4.69) is 52.0 Å². The minimum atomic E-state index is -0.417. The number of fused-ring (bicyclic) bond motifs is 4. The number of rotatable bonds is 5. The number of anilines is 1. The maximum Gasteiger partial charge on any atom is 0.171 e. The summed E-state index contributed by atoms with van der Waals surface area (Å²) >= 11 is 1.72. The highest BCUT2D eigenvalue weighted by Gasteiger charge is 2.35. The van der Waals surface area contributed by atoms with E-state index in [4.69, 9.17) is 15.0 Å². The molecule has 0 atom stereocenters. The van der Waals surface area contributed by atoms with Gasteiger partial charge >= 0.3 is 0 Å². The number of aromatic amines is 1. The van der Waals surface area contributed by atoms with Crippen molar-refractivity contribution in [3.8, 4) is 11.4 Å². The summed E-state index contributed by atoms with van der Waals surface area (Å²) < 4.78 is 16.0. The van der Waals surface area contributed by atoms with Crippen molar-refractivity contribution in [1.82, 2.24) is 29.5 Å². The zero-order valence-corrected chi connectivity index (χ0v) is 19.1. The van der Waals surface area contributed by atoms with Gasteiger partial charge in [-0.25, -0.2) is 19.3 Å². The molecule has 0 fully saturated rings. The Morgan fingerprint density at radius 2 is 2.06 bits per heavy atom. The van der Waals surface area contributed by atoms with E-state index in [0.29, 0.717) is 23.8 Å². The van der Waals surface area contributed by atoms with Gasteiger partial charge in [-0.15, -0.1) is 0 Å². The summed E-state index contributed by atoms with van der Waals surface area (Å²) in [6.45, 7) is 5.02. The predicted molar refractivity (Wildman–Crippen MR) is 129 cm³/mol. The molecule has 1 aliphatic rings. The molecule has 0 aliphatic carbocycles. The van der Waals surface area contributed by atoms with Crippen molar-refractivity contribution < 1.29 is 4.39 Å². The van der Waals surface area contributed by atoms with Crippen molar-refractivity contribution in [1.29, 1.82) is 0 Å². The van der Waals surface area contributed by atoms with E-state index in [1.165, 1.54) is 23.2 Å². The maximum absolute atomic E-state index is 13.9. The van der Waals surface area contributed by atoms with Crippen molar-refractivity contribution in [3.63, 3.8) is 0 Å². The number of H-pyrrole nitrogens is 1. The Labute approximate surface area is 193 Å². The van der Waals surface area contributed by atoms with Crippen molar-refractivity contribution >= 4 is 39.6 Å². The number of benzene rings is 1. The molecule has 9 heteroatoms. The summed E-state index contributed by atoms with van der Waals surface area (Å²) in [6.07, 6.45) is 5.63. The summed E-state index contributed by atoms with van der Waals surface area (Å²) in [5.74, 6) is 1.59. The van der Waals surface area contributed by atoms with Crippen LogP contribution < -0.4 is 5.32 Å². The van der Waals surface area contributed by atoms with E-state index < -0.39 is 5.82 Å². The molecule has 0 unspecified atom stereocenters. The lowest BCUT2D eigenvalue weighted by atomic mass is 10.1. The van der Waals surface area contributed by atoms with Crippen LogP contribution in [0.3, 0.4) is 0 Å². The molecule has 0 amide bonds. The number of para-hydroxylation sites is 1. The summed E-state index contributed by atoms with van der Waals surface area (Å²) in [5, 5.41) is 5.62. The van der Waals surface area contributed by atoms with Crippen LogP contribution in [0, 0.1) is 5.82 Å². The number of halogens is 1. The van der Waals surface area contributed by atoms with Gasteiger partial charge in [0.15, 0.2) is 28.0 Å². The molecule has 0 radical (unpaired) electrons. The Balaban J connectivity index is 1.39. The zero-order chi connectivity index (χ0) is 22.6. The largest absolute Gasteiger partial charge is 0.368 e. The van der Waals surface area contributed by atoms with Crippen LogP contribution in [0.1, 0.15) is 19.4 Å². The lowest BCUT2D eigenvalue weighted by Gasteiger charge is -2.20. The second-order valence-electron chi connectivity index (χ2n) is 8.83. The fraction of sp³-hybridized carbons (Fsp3) is 0.250. The van der Waals surface area contributed by atoms with E-state index in [1.807, 2.05) is 12.1 Å². The zero-order valence-electron chi connectivity index (χ0n) is 18.3. The lowest BCUT2D eigenvalue weighted by Crippen LogP contribution is -2.24. The summed E-state index contributed by atoms with van der Waals surface area (Å²) in [7, 11) is 0. The second-order valence-corrected chi connectivity index (χ2v) is 9.77. The van der Waals surface area contributed by atoms with Crippen molar-refractivity contribution in [2.24, 2.45) is 0 Å². The molecule has 0 saturated carbocycles. The molecule has 1 aliphatic heterocycles. The average Bonchev–Trinajstić information content (AvgIpc) is 3.47. The summed E-state index contributed by atoms with van der Waals surface area (Å²) in [5.41, 5.74) is 4.27. The van der Waals surface area contributed by atoms with E-state index in [1.54, 1.807) is 18.0 Å². The molecule has 2 N–H and O–H groups in total. The first-order valence-electron chi connectivity index (χ1n) is 10.8. The van der Waals surface area contributed by atoms with Gasteiger partial charge in [0.05, 0.1) is 11.7 Å². The number of imidazole rings is 1. The number of thioether (sulfide) groups is 1. The number of pyridine rings is 1. The van der Waals surface area contributed by atoms with E-state index in [0.717, 1.165) is 34.0 Å². The number of hydrogen-bond acceptors (Lipinski definition) is 6. The Bertz CT molecular complexity index is 1500. The lowest BCUT2D eigenvalue weighted by molar-refractivity contribution is 0.404. The highest BCUT2D eigenvalue weighted by Crippen LogP contribution is 2.41. The minimum Gasteiger partial charge on any atom is -0.368 e. The quantitative estimate of drug-likeness (QED) is 0.385. The Morgan fingerprint density at radius 3 is 2.94 bits per heavy atom. The molecule has 0 saturated heterocycles. The molecule has 0 spiro atoms. The van der Waals surface area contributed by atoms with Crippen LogP contribution in [0.15, 0.2) is 54.1 Å². The van der Waals surface area contributed by atoms with Crippen LogP contribution in [0.5, 0.6) is 0 Å².